The van der Waals surface area contributed by atoms with Crippen molar-refractivity contribution in [1.29, 1.82) is 0 Å². The topological polar surface area (TPSA) is 34.1 Å². The molecular weight excluding hydrogens is 255 g/mol. The molecule has 0 bridgehead atoms. The van der Waals surface area contributed by atoms with Crippen molar-refractivity contribution < 1.29 is 9.13 Å². The highest BCUT2D eigenvalue weighted by Crippen LogP contribution is 2.28. The van der Waals surface area contributed by atoms with Gasteiger partial charge >= 0.3 is 0 Å². The molecule has 0 atom stereocenters. The van der Waals surface area contributed by atoms with Crippen LogP contribution in [0.1, 0.15) is 51.0 Å². The molecule has 0 amide bonds. The number of halogens is 1. The predicted octanol–water partition coefficient (Wildman–Crippen LogP) is 3.43. The van der Waals surface area contributed by atoms with Gasteiger partial charge in [0, 0.05) is 18.2 Å². The number of hydrogen-bond donors (Lipinski definition) is 1. The van der Waals surface area contributed by atoms with Crippen LogP contribution >= 0.6 is 0 Å². The molecule has 2 fully saturated rings. The van der Waals surface area contributed by atoms with E-state index in [1.165, 1.54) is 31.9 Å². The molecule has 110 valence electrons. The Labute approximate surface area is 119 Å². The lowest BCUT2D eigenvalue weighted by molar-refractivity contribution is 0.128. The number of nitrogens with zero attached hydrogens (tertiary/aromatic N) is 1. The van der Waals surface area contributed by atoms with Crippen molar-refractivity contribution in [3.63, 3.8) is 0 Å². The third-order valence-corrected chi connectivity index (χ3v) is 4.29. The summed E-state index contributed by atoms with van der Waals surface area (Å²) in [5.41, 5.74) is 0.843. The minimum atomic E-state index is -0.290. The molecule has 0 aliphatic heterocycles. The van der Waals surface area contributed by atoms with E-state index in [0.29, 0.717) is 18.5 Å². The van der Waals surface area contributed by atoms with Crippen LogP contribution in [0.25, 0.3) is 0 Å². The zero-order valence-electron chi connectivity index (χ0n) is 12.1. The van der Waals surface area contributed by atoms with E-state index in [1.54, 1.807) is 6.07 Å². The van der Waals surface area contributed by atoms with E-state index in [0.717, 1.165) is 24.3 Å². The summed E-state index contributed by atoms with van der Waals surface area (Å²) >= 11 is 0. The van der Waals surface area contributed by atoms with Gasteiger partial charge in [-0.1, -0.05) is 6.92 Å². The van der Waals surface area contributed by atoms with Crippen molar-refractivity contribution in [1.82, 2.24) is 10.3 Å². The lowest BCUT2D eigenvalue weighted by Crippen LogP contribution is -2.25. The fourth-order valence-corrected chi connectivity index (χ4v) is 2.75. The number of ether oxygens (including phenoxy) is 1. The predicted molar refractivity (Wildman–Crippen MR) is 76.1 cm³/mol. The summed E-state index contributed by atoms with van der Waals surface area (Å²) < 4.78 is 19.4. The highest BCUT2D eigenvalue weighted by molar-refractivity contribution is 5.26. The van der Waals surface area contributed by atoms with Crippen molar-refractivity contribution >= 4 is 0 Å². The average molecular weight is 278 g/mol. The summed E-state index contributed by atoms with van der Waals surface area (Å²) in [6, 6.07) is 2.14. The number of aromatic nitrogens is 1. The maximum atomic E-state index is 13.4. The molecule has 1 aromatic rings. The Bertz CT molecular complexity index is 454. The molecule has 1 aromatic heterocycles. The second kappa shape index (κ2) is 6.08. The third kappa shape index (κ3) is 3.69. The van der Waals surface area contributed by atoms with Crippen molar-refractivity contribution in [2.45, 2.75) is 64.1 Å². The quantitative estimate of drug-likeness (QED) is 0.896. The van der Waals surface area contributed by atoms with Gasteiger partial charge in [-0.15, -0.1) is 0 Å². The molecule has 0 spiro atoms. The first-order valence-electron chi connectivity index (χ1n) is 7.75. The first-order chi connectivity index (χ1) is 9.70. The fraction of sp³-hybridized carbons (Fsp3) is 0.688. The maximum absolute atomic E-state index is 13.4. The second-order valence-electron chi connectivity index (χ2n) is 6.27. The van der Waals surface area contributed by atoms with Crippen molar-refractivity contribution in [2.75, 3.05) is 0 Å². The summed E-state index contributed by atoms with van der Waals surface area (Å²) in [5, 5.41) is 3.40. The molecule has 2 aliphatic rings. The Morgan fingerprint density at radius 2 is 2.00 bits per heavy atom. The van der Waals surface area contributed by atoms with Crippen LogP contribution in [0.15, 0.2) is 12.3 Å². The van der Waals surface area contributed by atoms with Crippen LogP contribution in [0, 0.1) is 11.7 Å². The standard InChI is InChI=1S/C16H23FN2O/c1-11-2-6-15(7-3-11)20-16-12(8-13(17)10-19-16)9-18-14-4-5-14/h8,10-11,14-15,18H,2-7,9H2,1H3. The number of rotatable bonds is 5. The molecule has 1 N–H and O–H groups in total. The molecule has 2 aliphatic carbocycles. The molecule has 20 heavy (non-hydrogen) atoms. The van der Waals surface area contributed by atoms with Gasteiger partial charge in [0.25, 0.3) is 0 Å². The molecule has 0 saturated heterocycles. The van der Waals surface area contributed by atoms with Gasteiger partial charge in [0.15, 0.2) is 0 Å². The van der Waals surface area contributed by atoms with Gasteiger partial charge in [-0.3, -0.25) is 0 Å². The monoisotopic (exact) mass is 278 g/mol. The van der Waals surface area contributed by atoms with E-state index in [-0.39, 0.29) is 11.9 Å². The molecule has 3 nitrogen and oxygen atoms in total. The van der Waals surface area contributed by atoms with E-state index < -0.39 is 0 Å². The lowest BCUT2D eigenvalue weighted by atomic mass is 9.89. The van der Waals surface area contributed by atoms with Crippen LogP contribution in [-0.4, -0.2) is 17.1 Å². The van der Waals surface area contributed by atoms with Gasteiger partial charge in [0.2, 0.25) is 5.88 Å². The molecule has 2 saturated carbocycles. The first-order valence-corrected chi connectivity index (χ1v) is 7.75. The van der Waals surface area contributed by atoms with Gasteiger partial charge < -0.3 is 10.1 Å². The highest BCUT2D eigenvalue weighted by atomic mass is 19.1. The summed E-state index contributed by atoms with van der Waals surface area (Å²) in [6.45, 7) is 2.94. The first kappa shape index (κ1) is 13.8. The molecule has 0 aromatic carbocycles. The number of hydrogen-bond acceptors (Lipinski definition) is 3. The summed E-state index contributed by atoms with van der Waals surface area (Å²) in [6.07, 6.45) is 8.51. The molecular formula is C16H23FN2O. The van der Waals surface area contributed by atoms with Crippen molar-refractivity contribution in [2.24, 2.45) is 5.92 Å². The van der Waals surface area contributed by atoms with Crippen LogP contribution in [0.3, 0.4) is 0 Å². The SMILES string of the molecule is CC1CCC(Oc2ncc(F)cc2CNC2CC2)CC1. The smallest absolute Gasteiger partial charge is 0.218 e. The van der Waals surface area contributed by atoms with E-state index in [9.17, 15) is 4.39 Å². The minimum absolute atomic E-state index is 0.240. The third-order valence-electron chi connectivity index (χ3n) is 4.29. The van der Waals surface area contributed by atoms with Gasteiger partial charge in [-0.25, -0.2) is 9.37 Å². The molecule has 1 heterocycles. The summed E-state index contributed by atoms with van der Waals surface area (Å²) in [4.78, 5) is 4.15. The van der Waals surface area contributed by atoms with Crippen LogP contribution in [0.4, 0.5) is 4.39 Å². The van der Waals surface area contributed by atoms with E-state index in [4.69, 9.17) is 4.74 Å². The summed E-state index contributed by atoms with van der Waals surface area (Å²) in [7, 11) is 0. The van der Waals surface area contributed by atoms with Gasteiger partial charge in [-0.05, 0) is 50.5 Å². The Morgan fingerprint density at radius 3 is 2.70 bits per heavy atom. The zero-order valence-corrected chi connectivity index (χ0v) is 12.1. The molecule has 4 heteroatoms. The average Bonchev–Trinajstić information content (AvgIpc) is 3.25. The van der Waals surface area contributed by atoms with Crippen LogP contribution in [0.5, 0.6) is 5.88 Å². The van der Waals surface area contributed by atoms with Gasteiger partial charge in [0.1, 0.15) is 11.9 Å². The largest absolute Gasteiger partial charge is 0.474 e. The lowest BCUT2D eigenvalue weighted by Gasteiger charge is -2.27. The van der Waals surface area contributed by atoms with Crippen LogP contribution in [0.2, 0.25) is 0 Å². The van der Waals surface area contributed by atoms with E-state index in [2.05, 4.69) is 17.2 Å². The highest BCUT2D eigenvalue weighted by Gasteiger charge is 2.23. The van der Waals surface area contributed by atoms with E-state index >= 15 is 0 Å². The molecule has 0 unspecified atom stereocenters. The Hall–Kier alpha value is -1.16. The second-order valence-corrected chi connectivity index (χ2v) is 6.27. The van der Waals surface area contributed by atoms with Crippen LogP contribution in [-0.2, 0) is 6.54 Å². The number of nitrogens with one attached hydrogen (secondary N) is 1. The van der Waals surface area contributed by atoms with Crippen LogP contribution < -0.4 is 10.1 Å². The maximum Gasteiger partial charge on any atom is 0.218 e. The fourth-order valence-electron chi connectivity index (χ4n) is 2.75. The molecule has 0 radical (unpaired) electrons. The Morgan fingerprint density at radius 1 is 1.25 bits per heavy atom. The Kier molecular flexibility index (Phi) is 4.20. The molecule has 3 rings (SSSR count). The Balaban J connectivity index is 1.64. The number of pyridine rings is 1. The van der Waals surface area contributed by atoms with E-state index in [1.807, 2.05) is 0 Å². The summed E-state index contributed by atoms with van der Waals surface area (Å²) in [5.74, 6) is 1.12. The van der Waals surface area contributed by atoms with Crippen molar-refractivity contribution in [3.05, 3.63) is 23.6 Å². The van der Waals surface area contributed by atoms with Gasteiger partial charge in [-0.2, -0.15) is 0 Å². The normalized spacial score (nSPS) is 26.5. The van der Waals surface area contributed by atoms with Crippen molar-refractivity contribution in [3.8, 4) is 5.88 Å². The zero-order chi connectivity index (χ0) is 13.9. The minimum Gasteiger partial charge on any atom is -0.474 e. The van der Waals surface area contributed by atoms with Gasteiger partial charge in [0.05, 0.1) is 6.20 Å².